The van der Waals surface area contributed by atoms with Gasteiger partial charge < -0.3 is 9.88 Å². The quantitative estimate of drug-likeness (QED) is 0.893. The van der Waals surface area contributed by atoms with E-state index >= 15 is 0 Å². The highest BCUT2D eigenvalue weighted by Gasteiger charge is 2.25. The first-order valence-electron chi connectivity index (χ1n) is 7.54. The van der Waals surface area contributed by atoms with Crippen molar-refractivity contribution in [2.45, 2.75) is 64.5 Å². The molecule has 0 aromatic carbocycles. The SMILES string of the molecule is CCC1NCCn2c(CC3CCCCC3)nnc21. The number of hydrogen-bond donors (Lipinski definition) is 1. The zero-order chi connectivity index (χ0) is 12.4. The largest absolute Gasteiger partial charge is 0.312 e. The molecule has 1 aromatic heterocycles. The maximum Gasteiger partial charge on any atom is 0.150 e. The van der Waals surface area contributed by atoms with Crippen LogP contribution in [0.1, 0.15) is 63.1 Å². The maximum absolute atomic E-state index is 4.46. The summed E-state index contributed by atoms with van der Waals surface area (Å²) in [7, 11) is 0. The first-order chi connectivity index (χ1) is 8.88. The molecule has 2 aliphatic rings. The lowest BCUT2D eigenvalue weighted by Gasteiger charge is -2.25. The molecule has 1 unspecified atom stereocenters. The highest BCUT2D eigenvalue weighted by Crippen LogP contribution is 2.27. The molecule has 0 bridgehead atoms. The molecule has 0 amide bonds. The fourth-order valence-corrected chi connectivity index (χ4v) is 3.42. The molecule has 4 nitrogen and oxygen atoms in total. The van der Waals surface area contributed by atoms with E-state index in [0.717, 1.165) is 37.7 Å². The van der Waals surface area contributed by atoms with Gasteiger partial charge >= 0.3 is 0 Å². The summed E-state index contributed by atoms with van der Waals surface area (Å²) in [5.74, 6) is 3.24. The summed E-state index contributed by atoms with van der Waals surface area (Å²) < 4.78 is 2.37. The van der Waals surface area contributed by atoms with E-state index < -0.39 is 0 Å². The van der Waals surface area contributed by atoms with Gasteiger partial charge in [0.05, 0.1) is 6.04 Å². The topological polar surface area (TPSA) is 42.7 Å². The summed E-state index contributed by atoms with van der Waals surface area (Å²) in [6.07, 6.45) is 9.26. The highest BCUT2D eigenvalue weighted by molar-refractivity contribution is 5.05. The van der Waals surface area contributed by atoms with E-state index in [1.165, 1.54) is 37.9 Å². The predicted molar refractivity (Wildman–Crippen MR) is 71.3 cm³/mol. The number of rotatable bonds is 3. The third kappa shape index (κ3) is 2.30. The predicted octanol–water partition coefficient (Wildman–Crippen LogP) is 2.46. The fourth-order valence-electron chi connectivity index (χ4n) is 3.42. The van der Waals surface area contributed by atoms with Crippen LogP contribution in [0.2, 0.25) is 0 Å². The van der Waals surface area contributed by atoms with Gasteiger partial charge in [0.1, 0.15) is 11.6 Å². The maximum atomic E-state index is 4.46. The fraction of sp³-hybridized carbons (Fsp3) is 0.857. The van der Waals surface area contributed by atoms with Crippen LogP contribution in [0.4, 0.5) is 0 Å². The molecule has 0 radical (unpaired) electrons. The molecule has 18 heavy (non-hydrogen) atoms. The smallest absolute Gasteiger partial charge is 0.150 e. The normalized spacial score (nSPS) is 25.1. The van der Waals surface area contributed by atoms with Crippen LogP contribution in [0.3, 0.4) is 0 Å². The van der Waals surface area contributed by atoms with Gasteiger partial charge in [-0.1, -0.05) is 39.0 Å². The Balaban J connectivity index is 1.74. The van der Waals surface area contributed by atoms with Crippen molar-refractivity contribution < 1.29 is 0 Å². The van der Waals surface area contributed by atoms with Crippen LogP contribution in [0, 0.1) is 5.92 Å². The zero-order valence-electron chi connectivity index (χ0n) is 11.4. The van der Waals surface area contributed by atoms with Crippen LogP contribution in [-0.4, -0.2) is 21.3 Å². The van der Waals surface area contributed by atoms with Crippen molar-refractivity contribution in [3.8, 4) is 0 Å². The van der Waals surface area contributed by atoms with Gasteiger partial charge in [-0.2, -0.15) is 0 Å². The summed E-state index contributed by atoms with van der Waals surface area (Å²) >= 11 is 0. The second kappa shape index (κ2) is 5.39. The second-order valence-electron chi connectivity index (χ2n) is 5.75. The van der Waals surface area contributed by atoms with Crippen LogP contribution in [-0.2, 0) is 13.0 Å². The number of aromatic nitrogens is 3. The first kappa shape index (κ1) is 12.2. The van der Waals surface area contributed by atoms with Gasteiger partial charge in [-0.05, 0) is 12.3 Å². The molecule has 1 aliphatic carbocycles. The van der Waals surface area contributed by atoms with E-state index in [2.05, 4.69) is 27.0 Å². The minimum atomic E-state index is 0.409. The van der Waals surface area contributed by atoms with Crippen LogP contribution in [0.5, 0.6) is 0 Å². The van der Waals surface area contributed by atoms with Gasteiger partial charge in [0.25, 0.3) is 0 Å². The van der Waals surface area contributed by atoms with Crippen molar-refractivity contribution in [3.63, 3.8) is 0 Å². The molecule has 1 aromatic rings. The number of nitrogens with one attached hydrogen (secondary N) is 1. The van der Waals surface area contributed by atoms with Crippen molar-refractivity contribution in [3.05, 3.63) is 11.6 Å². The molecule has 0 saturated heterocycles. The van der Waals surface area contributed by atoms with Crippen molar-refractivity contribution >= 4 is 0 Å². The van der Waals surface area contributed by atoms with E-state index in [0.29, 0.717) is 6.04 Å². The van der Waals surface area contributed by atoms with Gasteiger partial charge in [0.2, 0.25) is 0 Å². The summed E-state index contributed by atoms with van der Waals surface area (Å²) in [5.41, 5.74) is 0. The Morgan fingerprint density at radius 1 is 1.22 bits per heavy atom. The third-order valence-corrected chi connectivity index (χ3v) is 4.50. The lowest BCUT2D eigenvalue weighted by molar-refractivity contribution is 0.340. The Bertz CT molecular complexity index is 392. The molecular formula is C14H24N4. The van der Waals surface area contributed by atoms with E-state index in [1.54, 1.807) is 0 Å². The van der Waals surface area contributed by atoms with Crippen LogP contribution >= 0.6 is 0 Å². The van der Waals surface area contributed by atoms with E-state index in [1.807, 2.05) is 0 Å². The minimum Gasteiger partial charge on any atom is -0.312 e. The van der Waals surface area contributed by atoms with E-state index in [-0.39, 0.29) is 0 Å². The Kier molecular flexibility index (Phi) is 3.64. The van der Waals surface area contributed by atoms with Crippen molar-refractivity contribution in [1.82, 2.24) is 20.1 Å². The summed E-state index contributed by atoms with van der Waals surface area (Å²) in [6, 6.07) is 0.409. The standard InChI is InChI=1S/C14H24N4/c1-2-12-14-17-16-13(18(14)9-8-15-12)10-11-6-4-3-5-7-11/h11-12,15H,2-10H2,1H3. The van der Waals surface area contributed by atoms with Gasteiger partial charge in [-0.15, -0.1) is 10.2 Å². The molecule has 0 spiro atoms. The molecule has 1 atom stereocenters. The molecule has 1 aliphatic heterocycles. The van der Waals surface area contributed by atoms with Crippen LogP contribution < -0.4 is 5.32 Å². The molecule has 4 heteroatoms. The molecular weight excluding hydrogens is 224 g/mol. The zero-order valence-corrected chi connectivity index (χ0v) is 11.4. The third-order valence-electron chi connectivity index (χ3n) is 4.50. The Labute approximate surface area is 109 Å². The van der Waals surface area contributed by atoms with Gasteiger partial charge in [-0.3, -0.25) is 0 Å². The first-order valence-corrected chi connectivity index (χ1v) is 7.54. The Hall–Kier alpha value is -0.900. The Morgan fingerprint density at radius 3 is 2.83 bits per heavy atom. The van der Waals surface area contributed by atoms with Gasteiger partial charge in [-0.25, -0.2) is 0 Å². The summed E-state index contributed by atoms with van der Waals surface area (Å²) in [4.78, 5) is 0. The van der Waals surface area contributed by atoms with Gasteiger partial charge in [0.15, 0.2) is 0 Å². The summed E-state index contributed by atoms with van der Waals surface area (Å²) in [5, 5.41) is 12.4. The monoisotopic (exact) mass is 248 g/mol. The molecule has 1 fully saturated rings. The molecule has 100 valence electrons. The van der Waals surface area contributed by atoms with E-state index in [4.69, 9.17) is 0 Å². The van der Waals surface area contributed by atoms with Gasteiger partial charge in [0, 0.05) is 19.5 Å². The van der Waals surface area contributed by atoms with Crippen molar-refractivity contribution in [2.75, 3.05) is 6.54 Å². The highest BCUT2D eigenvalue weighted by atomic mass is 15.3. The van der Waals surface area contributed by atoms with Crippen molar-refractivity contribution in [2.24, 2.45) is 5.92 Å². The van der Waals surface area contributed by atoms with Crippen LogP contribution in [0.25, 0.3) is 0 Å². The second-order valence-corrected chi connectivity index (χ2v) is 5.75. The minimum absolute atomic E-state index is 0.409. The summed E-state index contributed by atoms with van der Waals surface area (Å²) in [6.45, 7) is 4.31. The number of nitrogens with zero attached hydrogens (tertiary/aromatic N) is 3. The number of fused-ring (bicyclic) bond motifs is 1. The average molecular weight is 248 g/mol. The average Bonchev–Trinajstić information content (AvgIpc) is 2.83. The van der Waals surface area contributed by atoms with Crippen LogP contribution in [0.15, 0.2) is 0 Å². The molecule has 2 heterocycles. The van der Waals surface area contributed by atoms with Crippen molar-refractivity contribution in [1.29, 1.82) is 0 Å². The molecule has 1 N–H and O–H groups in total. The van der Waals surface area contributed by atoms with E-state index in [9.17, 15) is 0 Å². The lowest BCUT2D eigenvalue weighted by atomic mass is 9.87. The molecule has 3 rings (SSSR count). The Morgan fingerprint density at radius 2 is 2.06 bits per heavy atom. The molecule has 1 saturated carbocycles. The lowest BCUT2D eigenvalue weighted by Crippen LogP contribution is -2.34. The number of hydrogen-bond acceptors (Lipinski definition) is 3.